The summed E-state index contributed by atoms with van der Waals surface area (Å²) >= 11 is 12.7. The lowest BCUT2D eigenvalue weighted by Crippen LogP contribution is -2.27. The molecule has 4 nitrogen and oxygen atoms in total. The maximum atomic E-state index is 12.5. The molecule has 0 spiro atoms. The van der Waals surface area contributed by atoms with E-state index in [4.69, 9.17) is 33.3 Å². The number of hydrogen-bond acceptors (Lipinski definition) is 5. The summed E-state index contributed by atoms with van der Waals surface area (Å²) < 4.78 is 12.3. The Bertz CT molecular complexity index is 975. The third-order valence-electron chi connectivity index (χ3n) is 5.12. The molecule has 0 aliphatic carbocycles. The van der Waals surface area contributed by atoms with Crippen LogP contribution < -0.4 is 9.47 Å². The monoisotopic (exact) mass is 475 g/mol. The van der Waals surface area contributed by atoms with Crippen LogP contribution in [0.5, 0.6) is 11.5 Å². The number of carbonyl (C=O) groups excluding carboxylic acids is 1. The normalized spacial score (nSPS) is 16.1. The van der Waals surface area contributed by atoms with Crippen molar-refractivity contribution in [1.82, 2.24) is 4.90 Å². The quantitative estimate of drug-likeness (QED) is 0.234. The maximum absolute atomic E-state index is 12.5. The van der Waals surface area contributed by atoms with Crippen LogP contribution in [0.25, 0.3) is 6.08 Å². The van der Waals surface area contributed by atoms with E-state index in [1.165, 1.54) is 17.3 Å². The summed E-state index contributed by atoms with van der Waals surface area (Å²) in [6, 6.07) is 13.5. The van der Waals surface area contributed by atoms with Crippen molar-refractivity contribution in [2.75, 3.05) is 19.8 Å². The van der Waals surface area contributed by atoms with Crippen LogP contribution >= 0.6 is 35.6 Å². The molecular weight excluding hydrogens is 450 g/mol. The van der Waals surface area contributed by atoms with Crippen molar-refractivity contribution in [1.29, 1.82) is 0 Å². The Balaban J connectivity index is 1.62. The summed E-state index contributed by atoms with van der Waals surface area (Å²) in [7, 11) is 0. The van der Waals surface area contributed by atoms with Crippen molar-refractivity contribution in [3.8, 4) is 11.5 Å². The molecule has 1 amide bonds. The lowest BCUT2D eigenvalue weighted by Gasteiger charge is -2.13. The summed E-state index contributed by atoms with van der Waals surface area (Å²) in [5, 5.41) is 0.571. The Morgan fingerprint density at radius 3 is 2.48 bits per heavy atom. The topological polar surface area (TPSA) is 38.8 Å². The van der Waals surface area contributed by atoms with Crippen molar-refractivity contribution < 1.29 is 14.3 Å². The van der Waals surface area contributed by atoms with Gasteiger partial charge >= 0.3 is 0 Å². The van der Waals surface area contributed by atoms with Gasteiger partial charge in [0.1, 0.15) is 29.0 Å². The van der Waals surface area contributed by atoms with E-state index in [1.807, 2.05) is 19.1 Å². The van der Waals surface area contributed by atoms with Crippen LogP contribution in [-0.4, -0.2) is 34.9 Å². The van der Waals surface area contributed by atoms with E-state index in [2.05, 4.69) is 26.0 Å². The van der Waals surface area contributed by atoms with Crippen molar-refractivity contribution >= 4 is 51.9 Å². The van der Waals surface area contributed by atoms with E-state index >= 15 is 0 Å². The predicted molar refractivity (Wildman–Crippen MR) is 133 cm³/mol. The average Bonchev–Trinajstić information content (AvgIpc) is 3.04. The van der Waals surface area contributed by atoms with Gasteiger partial charge in [0.2, 0.25) is 0 Å². The van der Waals surface area contributed by atoms with Crippen LogP contribution in [0.3, 0.4) is 0 Å². The number of benzene rings is 2. The fourth-order valence-corrected chi connectivity index (χ4v) is 4.67. The fourth-order valence-electron chi connectivity index (χ4n) is 3.12. The molecule has 0 aromatic heterocycles. The molecular formula is C24H26ClNO3S2. The minimum absolute atomic E-state index is 0.0902. The van der Waals surface area contributed by atoms with Gasteiger partial charge in [0.15, 0.2) is 0 Å². The summed E-state index contributed by atoms with van der Waals surface area (Å²) in [5.74, 6) is 1.91. The number of hydrogen-bond donors (Lipinski definition) is 0. The summed E-state index contributed by atoms with van der Waals surface area (Å²) in [6.45, 7) is 7.63. The summed E-state index contributed by atoms with van der Waals surface area (Å²) in [6.07, 6.45) is 2.89. The highest BCUT2D eigenvalue weighted by atomic mass is 35.5. The number of halogens is 1. The van der Waals surface area contributed by atoms with Crippen LogP contribution in [0, 0.1) is 0 Å². The molecule has 3 rings (SSSR count). The second-order valence-corrected chi connectivity index (χ2v) is 9.30. The summed E-state index contributed by atoms with van der Waals surface area (Å²) in [4.78, 5) is 14.7. The highest BCUT2D eigenvalue weighted by Gasteiger charge is 2.30. The Labute approximate surface area is 198 Å². The smallest absolute Gasteiger partial charge is 0.266 e. The van der Waals surface area contributed by atoms with Crippen LogP contribution in [0.2, 0.25) is 5.02 Å². The Kier molecular flexibility index (Phi) is 8.41. The molecule has 0 bridgehead atoms. The van der Waals surface area contributed by atoms with Crippen molar-refractivity contribution in [2.45, 2.75) is 33.1 Å². The number of thiocarbonyl (C=S) groups is 1. The number of amides is 1. The molecule has 7 heteroatoms. The lowest BCUT2D eigenvalue weighted by atomic mass is 9.99. The van der Waals surface area contributed by atoms with Crippen molar-refractivity contribution in [2.24, 2.45) is 0 Å². The largest absolute Gasteiger partial charge is 0.490 e. The van der Waals surface area contributed by atoms with Gasteiger partial charge in [-0.3, -0.25) is 9.69 Å². The number of ether oxygens (including phenoxy) is 2. The molecule has 0 saturated carbocycles. The third-order valence-corrected chi connectivity index (χ3v) is 6.73. The van der Waals surface area contributed by atoms with E-state index in [9.17, 15) is 4.79 Å². The van der Waals surface area contributed by atoms with E-state index in [0.29, 0.717) is 45.7 Å². The van der Waals surface area contributed by atoms with Gasteiger partial charge in [-0.05, 0) is 61.2 Å². The Hall–Kier alpha value is -2.02. The molecule has 1 fully saturated rings. The molecule has 1 aliphatic rings. The molecule has 0 N–H and O–H groups in total. The third kappa shape index (κ3) is 6.03. The van der Waals surface area contributed by atoms with Crippen LogP contribution in [0.15, 0.2) is 47.4 Å². The van der Waals surface area contributed by atoms with Crippen LogP contribution in [-0.2, 0) is 4.79 Å². The highest BCUT2D eigenvalue weighted by molar-refractivity contribution is 8.26. The molecule has 164 valence electrons. The van der Waals surface area contributed by atoms with Gasteiger partial charge < -0.3 is 9.47 Å². The SMILES string of the molecule is CC[C@H](C)c1ccc(OCCOc2ccc(Cl)cc2/C=C2\SC(=S)N(CC)C2=O)cc1. The number of rotatable bonds is 9. The van der Waals surface area contributed by atoms with Gasteiger partial charge in [0, 0.05) is 17.1 Å². The first-order valence-corrected chi connectivity index (χ1v) is 11.9. The molecule has 1 atom stereocenters. The van der Waals surface area contributed by atoms with Gasteiger partial charge in [-0.15, -0.1) is 0 Å². The van der Waals surface area contributed by atoms with E-state index < -0.39 is 0 Å². The van der Waals surface area contributed by atoms with E-state index in [1.54, 1.807) is 29.2 Å². The van der Waals surface area contributed by atoms with Crippen molar-refractivity contribution in [3.05, 3.63) is 63.5 Å². The number of thioether (sulfide) groups is 1. The molecule has 2 aromatic carbocycles. The van der Waals surface area contributed by atoms with E-state index in [-0.39, 0.29) is 5.91 Å². The maximum Gasteiger partial charge on any atom is 0.266 e. The van der Waals surface area contributed by atoms with Gasteiger partial charge in [-0.2, -0.15) is 0 Å². The Morgan fingerprint density at radius 1 is 1.13 bits per heavy atom. The zero-order valence-corrected chi connectivity index (χ0v) is 20.3. The van der Waals surface area contributed by atoms with Gasteiger partial charge in [-0.1, -0.05) is 61.6 Å². The van der Waals surface area contributed by atoms with Gasteiger partial charge in [0.05, 0.1) is 4.91 Å². The standard InChI is InChI=1S/C24H26ClNO3S2/c1-4-16(3)17-6-9-20(10-7-17)28-12-13-29-21-11-8-19(25)14-18(21)15-22-23(27)26(5-2)24(30)31-22/h6-11,14-16H,4-5,12-13H2,1-3H3/b22-15-/t16-/m0/s1. The molecule has 0 unspecified atom stereocenters. The van der Waals surface area contributed by atoms with Crippen LogP contribution in [0.1, 0.15) is 44.2 Å². The zero-order chi connectivity index (χ0) is 22.4. The molecule has 1 aliphatic heterocycles. The minimum atomic E-state index is -0.0902. The van der Waals surface area contributed by atoms with Gasteiger partial charge in [-0.25, -0.2) is 0 Å². The Morgan fingerprint density at radius 2 is 1.84 bits per heavy atom. The molecule has 1 saturated heterocycles. The molecule has 2 aromatic rings. The van der Waals surface area contributed by atoms with Crippen molar-refractivity contribution in [3.63, 3.8) is 0 Å². The first-order chi connectivity index (χ1) is 14.9. The zero-order valence-electron chi connectivity index (χ0n) is 17.9. The molecule has 1 heterocycles. The first kappa shape index (κ1) is 23.6. The second-order valence-electron chi connectivity index (χ2n) is 7.18. The van der Waals surface area contributed by atoms with Crippen LogP contribution in [0.4, 0.5) is 0 Å². The molecule has 31 heavy (non-hydrogen) atoms. The number of carbonyl (C=O) groups is 1. The number of likely N-dealkylation sites (N-methyl/N-ethyl adjacent to an activating group) is 1. The highest BCUT2D eigenvalue weighted by Crippen LogP contribution is 2.35. The minimum Gasteiger partial charge on any atom is -0.490 e. The van der Waals surface area contributed by atoms with E-state index in [0.717, 1.165) is 17.7 Å². The predicted octanol–water partition coefficient (Wildman–Crippen LogP) is 6.53. The first-order valence-electron chi connectivity index (χ1n) is 10.3. The molecule has 0 radical (unpaired) electrons. The number of nitrogens with zero attached hydrogens (tertiary/aromatic N) is 1. The fraction of sp³-hybridized carbons (Fsp3) is 0.333. The average molecular weight is 476 g/mol. The van der Waals surface area contributed by atoms with Gasteiger partial charge in [0.25, 0.3) is 5.91 Å². The second kappa shape index (κ2) is 11.0. The lowest BCUT2D eigenvalue weighted by molar-refractivity contribution is -0.121. The summed E-state index contributed by atoms with van der Waals surface area (Å²) in [5.41, 5.74) is 2.05.